The lowest BCUT2D eigenvalue weighted by Crippen LogP contribution is -2.14. The van der Waals surface area contributed by atoms with E-state index in [1.165, 1.54) is 25.1 Å². The molecule has 0 aliphatic carbocycles. The fraction of sp³-hybridized carbons (Fsp3) is 0.273. The number of nitriles is 1. The van der Waals surface area contributed by atoms with Gasteiger partial charge in [0.05, 0.1) is 18.1 Å². The van der Waals surface area contributed by atoms with Gasteiger partial charge in [-0.05, 0) is 24.6 Å². The van der Waals surface area contributed by atoms with E-state index in [1.807, 2.05) is 6.07 Å². The number of hydrogen-bond donors (Lipinski definition) is 0. The van der Waals surface area contributed by atoms with Crippen LogP contribution < -0.4 is 0 Å². The highest BCUT2D eigenvalue weighted by Gasteiger charge is 2.27. The van der Waals surface area contributed by atoms with Gasteiger partial charge in [-0.3, -0.25) is 14.9 Å². The zero-order chi connectivity index (χ0) is 14.4. The Morgan fingerprint density at radius 2 is 2.37 bits per heavy atom. The predicted octanol–water partition coefficient (Wildman–Crippen LogP) is 2.80. The third-order valence-corrected chi connectivity index (χ3v) is 2.41. The summed E-state index contributed by atoms with van der Waals surface area (Å²) in [5.41, 5.74) is 8.78. The number of carbonyl (C=O) groups is 1. The highest BCUT2D eigenvalue weighted by Crippen LogP contribution is 2.31. The van der Waals surface area contributed by atoms with Gasteiger partial charge in [0.25, 0.3) is 0 Å². The molecule has 0 radical (unpaired) electrons. The lowest BCUT2D eigenvalue weighted by molar-refractivity contribution is -0.527. The van der Waals surface area contributed by atoms with Crippen LogP contribution in [0.2, 0.25) is 0 Å². The molecule has 0 unspecified atom stereocenters. The fourth-order valence-corrected chi connectivity index (χ4v) is 1.60. The quantitative estimate of drug-likeness (QED) is 0.264. The molecule has 0 bridgehead atoms. The van der Waals surface area contributed by atoms with Gasteiger partial charge in [-0.1, -0.05) is 11.2 Å². The van der Waals surface area contributed by atoms with Gasteiger partial charge in [0.1, 0.15) is 5.78 Å². The number of carbonyl (C=O) groups excluding carboxylic acids is 1. The van der Waals surface area contributed by atoms with E-state index in [0.717, 1.165) is 0 Å². The van der Waals surface area contributed by atoms with Crippen molar-refractivity contribution in [1.29, 1.82) is 5.26 Å². The van der Waals surface area contributed by atoms with Crippen LogP contribution in [0.25, 0.3) is 10.4 Å². The van der Waals surface area contributed by atoms with Crippen molar-refractivity contribution in [1.82, 2.24) is 0 Å². The highest BCUT2D eigenvalue weighted by molar-refractivity contribution is 5.76. The van der Waals surface area contributed by atoms with Crippen LogP contribution in [0.3, 0.4) is 0 Å². The third-order valence-electron chi connectivity index (χ3n) is 2.41. The minimum absolute atomic E-state index is 0.00972. The van der Waals surface area contributed by atoms with Crippen molar-refractivity contribution in [2.24, 2.45) is 5.11 Å². The van der Waals surface area contributed by atoms with Crippen LogP contribution in [-0.2, 0) is 4.79 Å². The van der Waals surface area contributed by atoms with Gasteiger partial charge in [-0.25, -0.2) is 0 Å². The van der Waals surface area contributed by atoms with E-state index in [0.29, 0.717) is 0 Å². The molecule has 1 rings (SSSR count). The summed E-state index contributed by atoms with van der Waals surface area (Å²) in [5, 5.41) is 23.1. The Labute approximate surface area is 108 Å². The summed E-state index contributed by atoms with van der Waals surface area (Å²) in [6, 6.07) is 4.52. The first-order valence-electron chi connectivity index (χ1n) is 5.21. The molecule has 0 aliphatic heterocycles. The topological polar surface area (TPSA) is 133 Å². The van der Waals surface area contributed by atoms with Crippen LogP contribution in [0, 0.1) is 21.4 Å². The molecule has 8 nitrogen and oxygen atoms in total. The average Bonchev–Trinajstić information content (AvgIpc) is 2.36. The normalized spacial score (nSPS) is 10.9. The molecule has 19 heavy (non-hydrogen) atoms. The van der Waals surface area contributed by atoms with Gasteiger partial charge in [0, 0.05) is 21.1 Å². The lowest BCUT2D eigenvalue weighted by atomic mass is 9.99. The Morgan fingerprint density at radius 3 is 2.84 bits per heavy atom. The van der Waals surface area contributed by atoms with Crippen LogP contribution in [0.15, 0.2) is 23.3 Å². The van der Waals surface area contributed by atoms with Gasteiger partial charge in [0.2, 0.25) is 6.04 Å². The molecule has 1 aromatic carbocycles. The molecule has 0 aliphatic rings. The van der Waals surface area contributed by atoms with Crippen LogP contribution in [0.4, 0.5) is 5.69 Å². The molecular weight excluding hydrogens is 250 g/mol. The van der Waals surface area contributed by atoms with E-state index < -0.39 is 11.0 Å². The van der Waals surface area contributed by atoms with E-state index in [1.54, 1.807) is 0 Å². The minimum atomic E-state index is -1.29. The first-order valence-corrected chi connectivity index (χ1v) is 5.21. The molecule has 0 amide bonds. The van der Waals surface area contributed by atoms with E-state index in [-0.39, 0.29) is 29.0 Å². The standard InChI is InChI=1S/C11H9N5O3/c1-7(17)4-11(16(18)19)9-3-2-8(6-12)5-10(9)14-15-13/h2-3,5,11H,4H2,1H3/t11-/m1/s1. The Kier molecular flexibility index (Phi) is 4.57. The maximum Gasteiger partial charge on any atom is 0.245 e. The van der Waals surface area contributed by atoms with Crippen LogP contribution in [-0.4, -0.2) is 10.7 Å². The van der Waals surface area contributed by atoms with E-state index in [9.17, 15) is 14.9 Å². The van der Waals surface area contributed by atoms with Crippen molar-refractivity contribution >= 4 is 11.5 Å². The Hall–Kier alpha value is -2.91. The van der Waals surface area contributed by atoms with Crippen molar-refractivity contribution in [2.45, 2.75) is 19.4 Å². The summed E-state index contributed by atoms with van der Waals surface area (Å²) in [4.78, 5) is 24.0. The first-order chi connectivity index (χ1) is 8.99. The Bertz CT molecular complexity index is 613. The molecule has 96 valence electrons. The van der Waals surface area contributed by atoms with Crippen LogP contribution in [0.5, 0.6) is 0 Å². The molecule has 8 heteroatoms. The van der Waals surface area contributed by atoms with E-state index in [4.69, 9.17) is 10.8 Å². The van der Waals surface area contributed by atoms with Crippen molar-refractivity contribution in [2.75, 3.05) is 0 Å². The number of benzene rings is 1. The number of nitrogens with zero attached hydrogens (tertiary/aromatic N) is 5. The summed E-state index contributed by atoms with van der Waals surface area (Å²) in [7, 11) is 0. The molecule has 0 fully saturated rings. The molecule has 0 saturated carbocycles. The van der Waals surface area contributed by atoms with Crippen LogP contribution >= 0.6 is 0 Å². The second-order valence-corrected chi connectivity index (χ2v) is 3.78. The van der Waals surface area contributed by atoms with E-state index >= 15 is 0 Å². The van der Waals surface area contributed by atoms with Crippen molar-refractivity contribution in [3.05, 3.63) is 49.9 Å². The van der Waals surface area contributed by atoms with E-state index in [2.05, 4.69) is 10.0 Å². The monoisotopic (exact) mass is 259 g/mol. The highest BCUT2D eigenvalue weighted by atomic mass is 16.6. The molecular formula is C11H9N5O3. The minimum Gasteiger partial charge on any atom is -0.300 e. The van der Waals surface area contributed by atoms with Gasteiger partial charge < -0.3 is 0 Å². The lowest BCUT2D eigenvalue weighted by Gasteiger charge is -2.10. The molecule has 1 aromatic rings. The maximum atomic E-state index is 11.1. The van der Waals surface area contributed by atoms with Crippen molar-refractivity contribution in [3.63, 3.8) is 0 Å². The maximum absolute atomic E-state index is 11.1. The summed E-state index contributed by atoms with van der Waals surface area (Å²) in [5.74, 6) is -0.349. The zero-order valence-corrected chi connectivity index (χ0v) is 9.98. The number of rotatable bonds is 5. The molecule has 1 atom stereocenters. The smallest absolute Gasteiger partial charge is 0.245 e. The molecule has 0 aromatic heterocycles. The first kappa shape index (κ1) is 14.2. The van der Waals surface area contributed by atoms with Gasteiger partial charge in [-0.2, -0.15) is 5.26 Å². The summed E-state index contributed by atoms with van der Waals surface area (Å²) >= 11 is 0. The van der Waals surface area contributed by atoms with Crippen LogP contribution in [0.1, 0.15) is 30.5 Å². The number of azide groups is 1. The second kappa shape index (κ2) is 6.14. The molecule has 0 spiro atoms. The molecule has 0 heterocycles. The van der Waals surface area contributed by atoms with Gasteiger partial charge in [0.15, 0.2) is 0 Å². The largest absolute Gasteiger partial charge is 0.300 e. The zero-order valence-electron chi connectivity index (χ0n) is 9.98. The fourth-order valence-electron chi connectivity index (χ4n) is 1.60. The number of hydrogen-bond acceptors (Lipinski definition) is 5. The number of Topliss-reactive ketones (excluding diaryl/α,β-unsaturated/α-hetero) is 1. The number of nitro groups is 1. The van der Waals surface area contributed by atoms with Crippen molar-refractivity contribution in [3.8, 4) is 6.07 Å². The summed E-state index contributed by atoms with van der Waals surface area (Å²) in [6.45, 7) is 1.24. The second-order valence-electron chi connectivity index (χ2n) is 3.78. The molecule has 0 saturated heterocycles. The molecule has 0 N–H and O–H groups in total. The SMILES string of the molecule is CC(=O)C[C@H](c1ccc(C#N)cc1N=[N+]=[N-])[N+](=O)[O-]. The predicted molar refractivity (Wildman–Crippen MR) is 65.0 cm³/mol. The third kappa shape index (κ3) is 3.52. The number of ketones is 1. The van der Waals surface area contributed by atoms with Gasteiger partial charge >= 0.3 is 0 Å². The Balaban J connectivity index is 3.37. The van der Waals surface area contributed by atoms with Crippen molar-refractivity contribution < 1.29 is 9.72 Å². The average molecular weight is 259 g/mol. The summed E-state index contributed by atoms with van der Waals surface area (Å²) in [6.07, 6.45) is -0.299. The Morgan fingerprint density at radius 1 is 1.68 bits per heavy atom. The van der Waals surface area contributed by atoms with Gasteiger partial charge in [-0.15, -0.1) is 0 Å². The summed E-state index contributed by atoms with van der Waals surface area (Å²) < 4.78 is 0.